The Morgan fingerprint density at radius 3 is 2.47 bits per heavy atom. The molecule has 0 aliphatic heterocycles. The summed E-state index contributed by atoms with van der Waals surface area (Å²) in [5.74, 6) is 0.361. The Morgan fingerprint density at radius 1 is 1.03 bits per heavy atom. The normalized spacial score (nSPS) is 11.9. The maximum atomic E-state index is 6.52. The van der Waals surface area contributed by atoms with E-state index < -0.39 is 0 Å². The molecule has 0 radical (unpaired) electrons. The predicted octanol–water partition coefficient (Wildman–Crippen LogP) is 5.14. The number of anilines is 2. The van der Waals surface area contributed by atoms with E-state index >= 15 is 0 Å². The number of rotatable bonds is 13. The van der Waals surface area contributed by atoms with Gasteiger partial charge in [0.1, 0.15) is 5.82 Å². The third-order valence-corrected chi connectivity index (χ3v) is 7.08. The Labute approximate surface area is 211 Å². The number of nitrogens with zero attached hydrogens (tertiary/aromatic N) is 2. The van der Waals surface area contributed by atoms with Crippen LogP contribution in [0.3, 0.4) is 0 Å². The molecule has 8 heteroatoms. The van der Waals surface area contributed by atoms with Crippen molar-refractivity contribution < 1.29 is 0 Å². The van der Waals surface area contributed by atoms with E-state index in [1.54, 1.807) is 21.8 Å². The fourth-order valence-electron chi connectivity index (χ4n) is 3.86. The molecule has 3 rings (SSSR count). The van der Waals surface area contributed by atoms with E-state index in [4.69, 9.17) is 22.2 Å². The molecule has 0 bridgehead atoms. The molecule has 0 atom stereocenters. The zero-order valence-electron chi connectivity index (χ0n) is 20.1. The Hall–Kier alpha value is -2.26. The molecule has 0 saturated carbocycles. The van der Waals surface area contributed by atoms with Gasteiger partial charge >= 0.3 is 0 Å². The van der Waals surface area contributed by atoms with E-state index in [1.165, 1.54) is 11.1 Å². The number of hydrogen-bond donors (Lipinski definition) is 4. The number of pyridine rings is 1. The summed E-state index contributed by atoms with van der Waals surface area (Å²) in [4.78, 5) is 9.61. The minimum Gasteiger partial charge on any atom is -0.395 e. The summed E-state index contributed by atoms with van der Waals surface area (Å²) in [6.07, 6.45) is 6.89. The standard InChI is InChI=1S/C26H36N6S2/c1-3-4-13-30-23(16-19-7-9-20(17-27)10-8-19)24-21-12-11-18(6-5-14-31-34-33-2)15-22(21)32-26(29)25(24)28/h7-12,15,31H,3-6,13-14,16-17,27-28H2,1-2H3,(H2,29,32). The summed E-state index contributed by atoms with van der Waals surface area (Å²) in [5, 5.41) is 1.00. The average molecular weight is 497 g/mol. The van der Waals surface area contributed by atoms with Crippen molar-refractivity contribution in [2.75, 3.05) is 30.8 Å². The third kappa shape index (κ3) is 7.12. The van der Waals surface area contributed by atoms with E-state index in [0.717, 1.165) is 66.5 Å². The van der Waals surface area contributed by atoms with Gasteiger partial charge in [0.2, 0.25) is 0 Å². The number of aliphatic imine (C=N–C) groups is 1. The summed E-state index contributed by atoms with van der Waals surface area (Å²) >= 11 is 0. The van der Waals surface area contributed by atoms with E-state index in [0.29, 0.717) is 24.5 Å². The number of unbranched alkanes of at least 4 members (excludes halogenated alkanes) is 1. The molecular weight excluding hydrogens is 460 g/mol. The van der Waals surface area contributed by atoms with Crippen LogP contribution in [0.5, 0.6) is 0 Å². The number of hydrogen-bond acceptors (Lipinski definition) is 8. The van der Waals surface area contributed by atoms with Gasteiger partial charge < -0.3 is 17.2 Å². The summed E-state index contributed by atoms with van der Waals surface area (Å²) < 4.78 is 3.34. The molecule has 0 fully saturated rings. The summed E-state index contributed by atoms with van der Waals surface area (Å²) in [5.41, 5.74) is 25.3. The van der Waals surface area contributed by atoms with Crippen LogP contribution < -0.4 is 21.9 Å². The Bertz CT molecular complexity index is 1100. The van der Waals surface area contributed by atoms with Gasteiger partial charge in [0.25, 0.3) is 0 Å². The van der Waals surface area contributed by atoms with Gasteiger partial charge in [0.05, 0.1) is 11.2 Å². The molecular formula is C26H36N6S2. The molecule has 6 nitrogen and oxygen atoms in total. The number of nitrogens with two attached hydrogens (primary N) is 3. The van der Waals surface area contributed by atoms with E-state index in [1.807, 2.05) is 0 Å². The van der Waals surface area contributed by atoms with Crippen molar-refractivity contribution in [1.82, 2.24) is 9.71 Å². The zero-order valence-corrected chi connectivity index (χ0v) is 21.8. The van der Waals surface area contributed by atoms with Crippen LogP contribution in [0.1, 0.15) is 48.4 Å². The number of aryl methyl sites for hydroxylation is 1. The monoisotopic (exact) mass is 496 g/mol. The van der Waals surface area contributed by atoms with Crippen molar-refractivity contribution in [2.45, 2.75) is 45.6 Å². The second-order valence-corrected chi connectivity index (χ2v) is 10.6. The largest absolute Gasteiger partial charge is 0.395 e. The van der Waals surface area contributed by atoms with Crippen LogP contribution >= 0.6 is 21.8 Å². The fourth-order valence-corrected chi connectivity index (χ4v) is 4.81. The van der Waals surface area contributed by atoms with Crippen LogP contribution in [-0.4, -0.2) is 30.0 Å². The maximum Gasteiger partial charge on any atom is 0.148 e. The SMILES string of the molecule is CCCCN=C(Cc1ccc(CN)cc1)c1c(N)c(N)nc2cc(CCCNSSC)ccc12. The van der Waals surface area contributed by atoms with Gasteiger partial charge in [-0.3, -0.25) is 9.71 Å². The van der Waals surface area contributed by atoms with Crippen LogP contribution in [0, 0.1) is 0 Å². The van der Waals surface area contributed by atoms with Gasteiger partial charge in [-0.2, -0.15) is 0 Å². The highest BCUT2D eigenvalue weighted by Crippen LogP contribution is 2.30. The zero-order chi connectivity index (χ0) is 24.3. The van der Waals surface area contributed by atoms with E-state index in [9.17, 15) is 0 Å². The summed E-state index contributed by atoms with van der Waals surface area (Å²) in [6, 6.07) is 14.8. The molecule has 0 aliphatic rings. The number of nitrogens with one attached hydrogen (secondary N) is 1. The molecule has 0 unspecified atom stereocenters. The summed E-state index contributed by atoms with van der Waals surface area (Å²) in [7, 11) is 3.39. The van der Waals surface area contributed by atoms with Gasteiger partial charge in [0.15, 0.2) is 0 Å². The second-order valence-electron chi connectivity index (χ2n) is 8.26. The predicted molar refractivity (Wildman–Crippen MR) is 152 cm³/mol. The Balaban J connectivity index is 1.95. The molecule has 0 saturated heterocycles. The van der Waals surface area contributed by atoms with Crippen LogP contribution in [0.15, 0.2) is 47.5 Å². The highest BCUT2D eigenvalue weighted by Gasteiger charge is 2.17. The van der Waals surface area contributed by atoms with Crippen molar-refractivity contribution in [3.05, 3.63) is 64.7 Å². The van der Waals surface area contributed by atoms with Crippen molar-refractivity contribution in [3.63, 3.8) is 0 Å². The lowest BCUT2D eigenvalue weighted by atomic mass is 9.95. The highest BCUT2D eigenvalue weighted by atomic mass is 33.1. The van der Waals surface area contributed by atoms with Gasteiger partial charge in [-0.1, -0.05) is 60.5 Å². The minimum absolute atomic E-state index is 0.361. The fraction of sp³-hybridized carbons (Fsp3) is 0.385. The van der Waals surface area contributed by atoms with Crippen LogP contribution in [0.2, 0.25) is 0 Å². The van der Waals surface area contributed by atoms with Gasteiger partial charge in [0, 0.05) is 42.7 Å². The number of benzene rings is 2. The van der Waals surface area contributed by atoms with Crippen molar-refractivity contribution >= 4 is 49.9 Å². The average Bonchev–Trinajstić information content (AvgIpc) is 2.85. The van der Waals surface area contributed by atoms with Crippen molar-refractivity contribution in [3.8, 4) is 0 Å². The first-order valence-corrected chi connectivity index (χ1v) is 14.3. The molecule has 1 heterocycles. The molecule has 2 aromatic carbocycles. The first-order chi connectivity index (χ1) is 16.6. The van der Waals surface area contributed by atoms with Gasteiger partial charge in [-0.25, -0.2) is 4.98 Å². The van der Waals surface area contributed by atoms with Crippen LogP contribution in [0.25, 0.3) is 10.9 Å². The molecule has 0 amide bonds. The Kier molecular flexibility index (Phi) is 10.5. The molecule has 7 N–H and O–H groups in total. The van der Waals surface area contributed by atoms with Gasteiger partial charge in [-0.05, 0) is 59.3 Å². The van der Waals surface area contributed by atoms with E-state index in [2.05, 4.69) is 65.4 Å². The first kappa shape index (κ1) is 26.3. The quantitative estimate of drug-likeness (QED) is 0.112. The lowest BCUT2D eigenvalue weighted by Crippen LogP contribution is -2.13. The van der Waals surface area contributed by atoms with E-state index in [-0.39, 0.29) is 0 Å². The highest BCUT2D eigenvalue weighted by molar-refractivity contribution is 8.75. The topological polar surface area (TPSA) is 115 Å². The number of aromatic nitrogens is 1. The minimum atomic E-state index is 0.361. The third-order valence-electron chi connectivity index (χ3n) is 5.74. The second kappa shape index (κ2) is 13.6. The molecule has 34 heavy (non-hydrogen) atoms. The number of nitrogen functional groups attached to an aromatic ring is 2. The molecule has 0 spiro atoms. The molecule has 3 aromatic rings. The maximum absolute atomic E-state index is 6.52. The molecule has 0 aliphatic carbocycles. The van der Waals surface area contributed by atoms with Crippen molar-refractivity contribution in [2.24, 2.45) is 10.7 Å². The molecule has 1 aromatic heterocycles. The van der Waals surface area contributed by atoms with Crippen LogP contribution in [-0.2, 0) is 19.4 Å². The molecule has 182 valence electrons. The van der Waals surface area contributed by atoms with Crippen molar-refractivity contribution in [1.29, 1.82) is 0 Å². The number of fused-ring (bicyclic) bond motifs is 1. The smallest absolute Gasteiger partial charge is 0.148 e. The van der Waals surface area contributed by atoms with Gasteiger partial charge in [-0.15, -0.1) is 0 Å². The lowest BCUT2D eigenvalue weighted by molar-refractivity contribution is 0.801. The Morgan fingerprint density at radius 2 is 1.76 bits per heavy atom. The van der Waals surface area contributed by atoms with Crippen LogP contribution in [0.4, 0.5) is 11.5 Å². The lowest BCUT2D eigenvalue weighted by Gasteiger charge is -2.16. The summed E-state index contributed by atoms with van der Waals surface area (Å²) in [6.45, 7) is 4.43. The first-order valence-electron chi connectivity index (χ1n) is 11.8.